The van der Waals surface area contributed by atoms with Gasteiger partial charge in [0.1, 0.15) is 17.9 Å². The first kappa shape index (κ1) is 11.4. The number of hydrogen-bond donors (Lipinski definition) is 1. The number of nitrogens with zero attached hydrogens (tertiary/aromatic N) is 2. The molecule has 1 heterocycles. The molecule has 0 radical (unpaired) electrons. The zero-order valence-electron chi connectivity index (χ0n) is 9.92. The van der Waals surface area contributed by atoms with Gasteiger partial charge in [-0.1, -0.05) is 12.1 Å². The molecule has 17 heavy (non-hydrogen) atoms. The molecule has 2 aromatic rings. The van der Waals surface area contributed by atoms with Crippen molar-refractivity contribution in [1.82, 2.24) is 9.97 Å². The van der Waals surface area contributed by atoms with E-state index in [0.29, 0.717) is 5.82 Å². The van der Waals surface area contributed by atoms with E-state index in [1.54, 1.807) is 6.07 Å². The summed E-state index contributed by atoms with van der Waals surface area (Å²) in [6.45, 7) is 3.98. The second-order valence-electron chi connectivity index (χ2n) is 3.99. The number of benzene rings is 1. The largest absolute Gasteiger partial charge is 0.490 e. The van der Waals surface area contributed by atoms with E-state index in [0.717, 1.165) is 17.0 Å². The molecule has 1 aromatic carbocycles. The third kappa shape index (κ3) is 2.72. The lowest BCUT2D eigenvalue weighted by atomic mass is 10.1. The summed E-state index contributed by atoms with van der Waals surface area (Å²) < 4.78 is 5.74. The highest BCUT2D eigenvalue weighted by Gasteiger charge is 2.08. The van der Waals surface area contributed by atoms with E-state index in [9.17, 15) is 0 Å². The number of rotatable bonds is 3. The molecule has 0 aliphatic carbocycles. The summed E-state index contributed by atoms with van der Waals surface area (Å²) in [5.74, 6) is 1.26. The number of ether oxygens (including phenoxy) is 1. The van der Waals surface area contributed by atoms with E-state index in [1.807, 2.05) is 38.1 Å². The molecule has 2 rings (SSSR count). The lowest BCUT2D eigenvalue weighted by Crippen LogP contribution is -2.06. The van der Waals surface area contributed by atoms with Gasteiger partial charge in [-0.15, -0.1) is 0 Å². The zero-order chi connectivity index (χ0) is 12.3. The molecule has 2 N–H and O–H groups in total. The molecule has 88 valence electrons. The minimum atomic E-state index is 0.121. The Morgan fingerprint density at radius 2 is 1.94 bits per heavy atom. The van der Waals surface area contributed by atoms with Crippen molar-refractivity contribution in [2.75, 3.05) is 5.73 Å². The summed E-state index contributed by atoms with van der Waals surface area (Å²) in [6.07, 6.45) is 1.58. The first-order valence-corrected chi connectivity index (χ1v) is 5.50. The Bertz CT molecular complexity index is 512. The Morgan fingerprint density at radius 1 is 1.18 bits per heavy atom. The Morgan fingerprint density at radius 3 is 2.65 bits per heavy atom. The maximum absolute atomic E-state index is 5.74. The van der Waals surface area contributed by atoms with Gasteiger partial charge in [0.25, 0.3) is 0 Å². The summed E-state index contributed by atoms with van der Waals surface area (Å²) in [4.78, 5) is 8.09. The number of anilines is 1. The smallest absolute Gasteiger partial charge is 0.129 e. The molecule has 0 spiro atoms. The number of para-hydroxylation sites is 1. The van der Waals surface area contributed by atoms with Crippen LogP contribution < -0.4 is 10.5 Å². The van der Waals surface area contributed by atoms with Gasteiger partial charge < -0.3 is 10.5 Å². The SMILES string of the molecule is CC(C)Oc1ccccc1-c1cc(N)ncn1. The number of hydrogen-bond acceptors (Lipinski definition) is 4. The van der Waals surface area contributed by atoms with Crippen LogP contribution in [0.5, 0.6) is 5.75 Å². The Balaban J connectivity index is 2.44. The highest BCUT2D eigenvalue weighted by atomic mass is 16.5. The second-order valence-corrected chi connectivity index (χ2v) is 3.99. The van der Waals surface area contributed by atoms with Crippen molar-refractivity contribution in [3.8, 4) is 17.0 Å². The molecule has 0 bridgehead atoms. The highest BCUT2D eigenvalue weighted by molar-refractivity contribution is 5.68. The van der Waals surface area contributed by atoms with Crippen molar-refractivity contribution >= 4 is 5.82 Å². The van der Waals surface area contributed by atoms with Crippen LogP contribution in [0.25, 0.3) is 11.3 Å². The molecule has 0 unspecified atom stereocenters. The van der Waals surface area contributed by atoms with Crippen LogP contribution in [0.15, 0.2) is 36.7 Å². The van der Waals surface area contributed by atoms with E-state index >= 15 is 0 Å². The molecular weight excluding hydrogens is 214 g/mol. The first-order chi connectivity index (χ1) is 8.16. The Kier molecular flexibility index (Phi) is 3.23. The standard InChI is InChI=1S/C13H15N3O/c1-9(2)17-12-6-4-3-5-10(12)11-7-13(14)16-8-15-11/h3-9H,1-2H3,(H2,14,15,16). The van der Waals surface area contributed by atoms with Crippen molar-refractivity contribution in [2.24, 2.45) is 0 Å². The van der Waals surface area contributed by atoms with Crippen molar-refractivity contribution in [1.29, 1.82) is 0 Å². The minimum Gasteiger partial charge on any atom is -0.490 e. The molecule has 4 nitrogen and oxygen atoms in total. The van der Waals surface area contributed by atoms with Crippen molar-refractivity contribution < 1.29 is 4.74 Å². The number of nitrogens with two attached hydrogens (primary N) is 1. The van der Waals surface area contributed by atoms with Crippen molar-refractivity contribution in [2.45, 2.75) is 20.0 Å². The van der Waals surface area contributed by atoms with E-state index in [2.05, 4.69) is 9.97 Å². The maximum atomic E-state index is 5.74. The quantitative estimate of drug-likeness (QED) is 0.878. The van der Waals surface area contributed by atoms with Crippen LogP contribution in [0.4, 0.5) is 5.82 Å². The molecule has 0 atom stereocenters. The molecule has 4 heteroatoms. The van der Waals surface area contributed by atoms with Crippen LogP contribution >= 0.6 is 0 Å². The summed E-state index contributed by atoms with van der Waals surface area (Å²) in [7, 11) is 0. The van der Waals surface area contributed by atoms with E-state index in [4.69, 9.17) is 10.5 Å². The van der Waals surface area contributed by atoms with E-state index in [-0.39, 0.29) is 6.10 Å². The van der Waals surface area contributed by atoms with E-state index in [1.165, 1.54) is 6.33 Å². The van der Waals surface area contributed by atoms with Gasteiger partial charge in [0, 0.05) is 11.6 Å². The van der Waals surface area contributed by atoms with Gasteiger partial charge >= 0.3 is 0 Å². The van der Waals surface area contributed by atoms with Gasteiger partial charge in [0.05, 0.1) is 11.8 Å². The first-order valence-electron chi connectivity index (χ1n) is 5.50. The monoisotopic (exact) mass is 229 g/mol. The fourth-order valence-electron chi connectivity index (χ4n) is 1.55. The van der Waals surface area contributed by atoms with Gasteiger partial charge in [0.2, 0.25) is 0 Å². The predicted octanol–water partition coefficient (Wildman–Crippen LogP) is 2.51. The third-order valence-electron chi connectivity index (χ3n) is 2.21. The molecule has 0 saturated heterocycles. The second kappa shape index (κ2) is 4.82. The van der Waals surface area contributed by atoms with Gasteiger partial charge in [-0.2, -0.15) is 0 Å². The van der Waals surface area contributed by atoms with Crippen LogP contribution in [-0.2, 0) is 0 Å². The molecule has 0 amide bonds. The zero-order valence-corrected chi connectivity index (χ0v) is 9.92. The van der Waals surface area contributed by atoms with Crippen molar-refractivity contribution in [3.05, 3.63) is 36.7 Å². The fourth-order valence-corrected chi connectivity index (χ4v) is 1.55. The molecule has 0 aliphatic heterocycles. The Labute approximate surface area is 100 Å². The molecular formula is C13H15N3O. The summed E-state index contributed by atoms with van der Waals surface area (Å²) in [5, 5.41) is 0. The average molecular weight is 229 g/mol. The van der Waals surface area contributed by atoms with Crippen molar-refractivity contribution in [3.63, 3.8) is 0 Å². The van der Waals surface area contributed by atoms with Crippen LogP contribution in [0.1, 0.15) is 13.8 Å². The molecule has 0 saturated carbocycles. The summed E-state index contributed by atoms with van der Waals surface area (Å²) in [5.41, 5.74) is 7.35. The normalized spacial score (nSPS) is 10.5. The van der Waals surface area contributed by atoms with Gasteiger partial charge in [-0.3, -0.25) is 0 Å². The average Bonchev–Trinajstić information content (AvgIpc) is 2.29. The minimum absolute atomic E-state index is 0.121. The van der Waals surface area contributed by atoms with Crippen LogP contribution in [0.2, 0.25) is 0 Å². The van der Waals surface area contributed by atoms with Crippen LogP contribution in [0.3, 0.4) is 0 Å². The van der Waals surface area contributed by atoms with Gasteiger partial charge in [0.15, 0.2) is 0 Å². The highest BCUT2D eigenvalue weighted by Crippen LogP contribution is 2.29. The molecule has 1 aromatic heterocycles. The lowest BCUT2D eigenvalue weighted by molar-refractivity contribution is 0.243. The fraction of sp³-hybridized carbons (Fsp3) is 0.231. The summed E-state index contributed by atoms with van der Waals surface area (Å²) in [6, 6.07) is 9.50. The van der Waals surface area contributed by atoms with Gasteiger partial charge in [-0.25, -0.2) is 9.97 Å². The lowest BCUT2D eigenvalue weighted by Gasteiger charge is -2.13. The predicted molar refractivity (Wildman–Crippen MR) is 67.6 cm³/mol. The molecule has 0 aliphatic rings. The number of nitrogen functional groups attached to an aromatic ring is 1. The Hall–Kier alpha value is -2.10. The van der Waals surface area contributed by atoms with Crippen LogP contribution in [-0.4, -0.2) is 16.1 Å². The number of aromatic nitrogens is 2. The van der Waals surface area contributed by atoms with Crippen LogP contribution in [0, 0.1) is 0 Å². The van der Waals surface area contributed by atoms with E-state index < -0.39 is 0 Å². The maximum Gasteiger partial charge on any atom is 0.129 e. The topological polar surface area (TPSA) is 61.0 Å². The third-order valence-corrected chi connectivity index (χ3v) is 2.21. The summed E-state index contributed by atoms with van der Waals surface area (Å²) >= 11 is 0. The van der Waals surface area contributed by atoms with Gasteiger partial charge in [-0.05, 0) is 26.0 Å². The molecule has 0 fully saturated rings.